The lowest BCUT2D eigenvalue weighted by Crippen LogP contribution is -2.54. The van der Waals surface area contributed by atoms with Crippen LogP contribution in [0.5, 0.6) is 0 Å². The molecule has 16 heavy (non-hydrogen) atoms. The lowest BCUT2D eigenvalue weighted by molar-refractivity contribution is -0.892. The summed E-state index contributed by atoms with van der Waals surface area (Å²) in [6.07, 6.45) is 7.15. The maximum atomic E-state index is 12.4. The van der Waals surface area contributed by atoms with E-state index in [-0.39, 0.29) is 10.8 Å². The van der Waals surface area contributed by atoms with Crippen molar-refractivity contribution in [2.24, 2.45) is 0 Å². The third-order valence-electron chi connectivity index (χ3n) is 3.44. The van der Waals surface area contributed by atoms with Crippen LogP contribution in [0.3, 0.4) is 0 Å². The van der Waals surface area contributed by atoms with Gasteiger partial charge in [-0.3, -0.25) is 0 Å². The van der Waals surface area contributed by atoms with Crippen molar-refractivity contribution in [1.82, 2.24) is 0 Å². The number of hydroxylamine groups is 3. The minimum Gasteiger partial charge on any atom is -0.633 e. The molecule has 3 heteroatoms. The molecule has 0 N–H and O–H groups in total. The molecule has 2 unspecified atom stereocenters. The SMILES string of the molecule is CCCCCC1C[N+]([O-])(CCCC)CCO1. The molecule has 0 bridgehead atoms. The van der Waals surface area contributed by atoms with Crippen LogP contribution in [-0.4, -0.2) is 37.0 Å². The average Bonchev–Trinajstić information content (AvgIpc) is 2.27. The Morgan fingerprint density at radius 2 is 1.94 bits per heavy atom. The fourth-order valence-corrected chi connectivity index (χ4v) is 2.35. The van der Waals surface area contributed by atoms with Crippen LogP contribution in [0.1, 0.15) is 52.4 Å². The summed E-state index contributed by atoms with van der Waals surface area (Å²) in [5, 5.41) is 12.4. The predicted octanol–water partition coefficient (Wildman–Crippen LogP) is 3.08. The quantitative estimate of drug-likeness (QED) is 0.382. The molecule has 0 saturated carbocycles. The molecule has 3 nitrogen and oxygen atoms in total. The summed E-state index contributed by atoms with van der Waals surface area (Å²) in [6.45, 7) is 7.13. The number of quaternary nitrogens is 1. The monoisotopic (exact) mass is 229 g/mol. The average molecular weight is 229 g/mol. The number of ether oxygens (including phenoxy) is 1. The Morgan fingerprint density at radius 1 is 1.19 bits per heavy atom. The van der Waals surface area contributed by atoms with E-state index in [2.05, 4.69) is 13.8 Å². The Balaban J connectivity index is 2.28. The first-order chi connectivity index (χ1) is 7.70. The number of nitrogens with zero attached hydrogens (tertiary/aromatic N) is 1. The van der Waals surface area contributed by atoms with Crippen LogP contribution in [0, 0.1) is 5.21 Å². The largest absolute Gasteiger partial charge is 0.633 e. The summed E-state index contributed by atoms with van der Waals surface area (Å²) in [5.74, 6) is 0. The molecule has 0 amide bonds. The van der Waals surface area contributed by atoms with Crippen molar-refractivity contribution in [2.45, 2.75) is 58.5 Å². The summed E-state index contributed by atoms with van der Waals surface area (Å²) in [5.41, 5.74) is 0. The van der Waals surface area contributed by atoms with Gasteiger partial charge in [0.25, 0.3) is 0 Å². The standard InChI is InChI=1S/C13H27NO2/c1-3-5-7-8-13-12-14(15,9-6-4-2)10-11-16-13/h13H,3-12H2,1-2H3. The fraction of sp³-hybridized carbons (Fsp3) is 1.00. The van der Waals surface area contributed by atoms with Crippen LogP contribution >= 0.6 is 0 Å². The molecule has 0 aromatic rings. The third kappa shape index (κ3) is 4.81. The maximum absolute atomic E-state index is 12.4. The van der Waals surface area contributed by atoms with E-state index in [0.29, 0.717) is 19.7 Å². The summed E-state index contributed by atoms with van der Waals surface area (Å²) < 4.78 is 5.68. The molecule has 1 aliphatic heterocycles. The van der Waals surface area contributed by atoms with E-state index in [1.165, 1.54) is 19.3 Å². The lowest BCUT2D eigenvalue weighted by atomic mass is 10.1. The third-order valence-corrected chi connectivity index (χ3v) is 3.44. The van der Waals surface area contributed by atoms with Crippen LogP contribution in [0.15, 0.2) is 0 Å². The Hall–Kier alpha value is -0.120. The molecule has 96 valence electrons. The molecule has 1 aliphatic rings. The van der Waals surface area contributed by atoms with E-state index in [1.807, 2.05) is 0 Å². The van der Waals surface area contributed by atoms with Gasteiger partial charge in [-0.25, -0.2) is 0 Å². The van der Waals surface area contributed by atoms with Gasteiger partial charge in [0.2, 0.25) is 0 Å². The molecule has 1 fully saturated rings. The van der Waals surface area contributed by atoms with Crippen LogP contribution in [-0.2, 0) is 4.74 Å². The number of rotatable bonds is 7. The zero-order valence-electron chi connectivity index (χ0n) is 10.9. The van der Waals surface area contributed by atoms with Gasteiger partial charge in [0.05, 0.1) is 13.2 Å². The highest BCUT2D eigenvalue weighted by molar-refractivity contribution is 4.64. The Labute approximate surface area is 99.9 Å². The van der Waals surface area contributed by atoms with Crippen molar-refractivity contribution in [3.63, 3.8) is 0 Å². The number of unbranched alkanes of at least 4 members (excludes halogenated alkanes) is 3. The number of morpholine rings is 1. The van der Waals surface area contributed by atoms with Gasteiger partial charge >= 0.3 is 0 Å². The van der Waals surface area contributed by atoms with E-state index in [0.717, 1.165) is 25.8 Å². The van der Waals surface area contributed by atoms with Crippen molar-refractivity contribution in [2.75, 3.05) is 26.2 Å². The molecule has 0 spiro atoms. The molecule has 0 aliphatic carbocycles. The van der Waals surface area contributed by atoms with Gasteiger partial charge in [0, 0.05) is 0 Å². The van der Waals surface area contributed by atoms with Gasteiger partial charge in [-0.2, -0.15) is 0 Å². The summed E-state index contributed by atoms with van der Waals surface area (Å²) in [7, 11) is 0. The van der Waals surface area contributed by atoms with Crippen LogP contribution in [0.4, 0.5) is 0 Å². The molecule has 0 aromatic carbocycles. The first kappa shape index (κ1) is 13.9. The topological polar surface area (TPSA) is 32.3 Å². The minimum atomic E-state index is -0.00929. The second-order valence-corrected chi connectivity index (χ2v) is 5.03. The summed E-state index contributed by atoms with van der Waals surface area (Å²) in [4.78, 5) is 0. The summed E-state index contributed by atoms with van der Waals surface area (Å²) in [6, 6.07) is 0. The fourth-order valence-electron chi connectivity index (χ4n) is 2.35. The Morgan fingerprint density at radius 3 is 2.62 bits per heavy atom. The van der Waals surface area contributed by atoms with Crippen molar-refractivity contribution >= 4 is 0 Å². The molecular weight excluding hydrogens is 202 g/mol. The normalized spacial score (nSPS) is 30.6. The first-order valence-corrected chi connectivity index (χ1v) is 6.89. The van der Waals surface area contributed by atoms with Gasteiger partial charge in [-0.15, -0.1) is 0 Å². The van der Waals surface area contributed by atoms with Crippen LogP contribution in [0.25, 0.3) is 0 Å². The van der Waals surface area contributed by atoms with Crippen molar-refractivity contribution in [3.05, 3.63) is 5.21 Å². The molecule has 0 radical (unpaired) electrons. The predicted molar refractivity (Wildman–Crippen MR) is 67.0 cm³/mol. The maximum Gasteiger partial charge on any atom is 0.107 e. The van der Waals surface area contributed by atoms with E-state index in [1.54, 1.807) is 0 Å². The van der Waals surface area contributed by atoms with Gasteiger partial charge in [-0.1, -0.05) is 39.5 Å². The van der Waals surface area contributed by atoms with Crippen LogP contribution in [0.2, 0.25) is 0 Å². The zero-order valence-corrected chi connectivity index (χ0v) is 10.9. The molecule has 1 saturated heterocycles. The second kappa shape index (κ2) is 7.25. The van der Waals surface area contributed by atoms with Crippen molar-refractivity contribution in [1.29, 1.82) is 0 Å². The van der Waals surface area contributed by atoms with E-state index < -0.39 is 0 Å². The van der Waals surface area contributed by atoms with E-state index in [4.69, 9.17) is 4.74 Å². The second-order valence-electron chi connectivity index (χ2n) is 5.03. The highest BCUT2D eigenvalue weighted by Gasteiger charge is 2.27. The molecule has 1 heterocycles. The minimum absolute atomic E-state index is 0.00929. The number of hydrogen-bond donors (Lipinski definition) is 0. The van der Waals surface area contributed by atoms with Gasteiger partial charge in [-0.05, 0) is 12.8 Å². The van der Waals surface area contributed by atoms with Crippen LogP contribution < -0.4 is 0 Å². The number of hydrogen-bond acceptors (Lipinski definition) is 2. The smallest absolute Gasteiger partial charge is 0.107 e. The summed E-state index contributed by atoms with van der Waals surface area (Å²) >= 11 is 0. The van der Waals surface area contributed by atoms with Gasteiger partial charge in [0.15, 0.2) is 0 Å². The van der Waals surface area contributed by atoms with Crippen molar-refractivity contribution in [3.8, 4) is 0 Å². The van der Waals surface area contributed by atoms with Crippen molar-refractivity contribution < 1.29 is 9.38 Å². The molecule has 0 aromatic heterocycles. The zero-order chi connectivity index (χ0) is 11.9. The van der Waals surface area contributed by atoms with Gasteiger partial charge in [0.1, 0.15) is 19.2 Å². The first-order valence-electron chi connectivity index (χ1n) is 6.89. The Kier molecular flexibility index (Phi) is 6.32. The van der Waals surface area contributed by atoms with E-state index >= 15 is 0 Å². The molecule has 2 atom stereocenters. The Bertz CT molecular complexity index is 187. The van der Waals surface area contributed by atoms with Gasteiger partial charge < -0.3 is 14.6 Å². The highest BCUT2D eigenvalue weighted by Crippen LogP contribution is 2.19. The van der Waals surface area contributed by atoms with E-state index in [9.17, 15) is 5.21 Å². The highest BCUT2D eigenvalue weighted by atomic mass is 16.6. The molecule has 1 rings (SSSR count). The lowest BCUT2D eigenvalue weighted by Gasteiger charge is -2.48. The molecular formula is C13H27NO2.